The highest BCUT2D eigenvalue weighted by atomic mass is 16.7. The number of hydrogen-bond donors (Lipinski definition) is 1. The van der Waals surface area contributed by atoms with Crippen molar-refractivity contribution in [3.63, 3.8) is 0 Å². The quantitative estimate of drug-likeness (QED) is 0.841. The molecule has 0 amide bonds. The minimum absolute atomic E-state index is 0.00534. The number of nitrogens with zero attached hydrogens (tertiary/aromatic N) is 1. The average molecular weight is 395 g/mol. The summed E-state index contributed by atoms with van der Waals surface area (Å²) in [6.45, 7) is -0.0817. The minimum Gasteiger partial charge on any atom is -0.480 e. The molecular weight excluding hydrogens is 374 g/mol. The zero-order valence-corrected chi connectivity index (χ0v) is 15.9. The molecule has 4 aliphatic rings. The van der Waals surface area contributed by atoms with Gasteiger partial charge in [0.05, 0.1) is 0 Å². The van der Waals surface area contributed by atoms with Crippen LogP contribution in [0.15, 0.2) is 40.7 Å². The molecule has 29 heavy (non-hydrogen) atoms. The van der Waals surface area contributed by atoms with E-state index in [1.165, 1.54) is 0 Å². The summed E-state index contributed by atoms with van der Waals surface area (Å²) in [7, 11) is 0. The molecule has 0 fully saturated rings. The zero-order chi connectivity index (χ0) is 20.1. The third-order valence-electron chi connectivity index (χ3n) is 6.11. The van der Waals surface area contributed by atoms with Crippen LogP contribution in [0.25, 0.3) is 0 Å². The van der Waals surface area contributed by atoms with Gasteiger partial charge in [-0.3, -0.25) is 14.4 Å². The van der Waals surface area contributed by atoms with Crippen LogP contribution in [0.4, 0.5) is 0 Å². The third-order valence-corrected chi connectivity index (χ3v) is 6.11. The van der Waals surface area contributed by atoms with Crippen LogP contribution >= 0.6 is 0 Å². The molecule has 2 aliphatic heterocycles. The Morgan fingerprint density at radius 1 is 0.966 bits per heavy atom. The van der Waals surface area contributed by atoms with E-state index in [-0.39, 0.29) is 24.9 Å². The summed E-state index contributed by atoms with van der Waals surface area (Å²) in [5, 5.41) is 9.48. The molecule has 0 unspecified atom stereocenters. The van der Waals surface area contributed by atoms with Crippen LogP contribution in [0.3, 0.4) is 0 Å². The maximum absolute atomic E-state index is 13.0. The molecule has 0 bridgehead atoms. The van der Waals surface area contributed by atoms with E-state index in [9.17, 15) is 19.5 Å². The average Bonchev–Trinajstić information content (AvgIpc) is 3.16. The topological polar surface area (TPSA) is 93.1 Å². The van der Waals surface area contributed by atoms with Crippen LogP contribution in [-0.4, -0.2) is 40.9 Å². The first kappa shape index (κ1) is 18.0. The first-order chi connectivity index (χ1) is 14.0. The highest BCUT2D eigenvalue weighted by molar-refractivity contribution is 6.06. The zero-order valence-electron chi connectivity index (χ0n) is 15.9. The molecule has 5 rings (SSSR count). The molecule has 7 nitrogen and oxygen atoms in total. The number of hydrogen-bond acceptors (Lipinski definition) is 6. The molecule has 0 atom stereocenters. The van der Waals surface area contributed by atoms with Crippen molar-refractivity contribution >= 4 is 17.5 Å². The molecule has 0 saturated heterocycles. The molecular formula is C22H21NO6. The van der Waals surface area contributed by atoms with Crippen molar-refractivity contribution in [2.45, 2.75) is 44.4 Å². The highest BCUT2D eigenvalue weighted by Crippen LogP contribution is 2.50. The SMILES string of the molecule is O=C(O)CN1C2=C(C(=O)CCC2)C(c2ccc3c(c2)OCO3)C2=C1CCCC2=O. The molecule has 1 aromatic carbocycles. The van der Waals surface area contributed by atoms with Gasteiger partial charge in [0.1, 0.15) is 6.54 Å². The second kappa shape index (κ2) is 6.76. The Morgan fingerprint density at radius 3 is 2.21 bits per heavy atom. The Morgan fingerprint density at radius 2 is 1.59 bits per heavy atom. The minimum atomic E-state index is -0.971. The number of benzene rings is 1. The molecule has 2 aliphatic carbocycles. The molecule has 2 heterocycles. The van der Waals surface area contributed by atoms with E-state index in [4.69, 9.17) is 9.47 Å². The first-order valence-corrected chi connectivity index (χ1v) is 9.96. The summed E-state index contributed by atoms with van der Waals surface area (Å²) in [6, 6.07) is 5.53. The van der Waals surface area contributed by atoms with Gasteiger partial charge < -0.3 is 19.5 Å². The van der Waals surface area contributed by atoms with Crippen molar-refractivity contribution in [1.29, 1.82) is 0 Å². The summed E-state index contributed by atoms with van der Waals surface area (Å²) < 4.78 is 10.9. The second-order valence-corrected chi connectivity index (χ2v) is 7.80. The van der Waals surface area contributed by atoms with Crippen molar-refractivity contribution in [3.05, 3.63) is 46.3 Å². The van der Waals surface area contributed by atoms with Crippen LogP contribution in [0, 0.1) is 0 Å². The van der Waals surface area contributed by atoms with Crippen molar-refractivity contribution in [2.24, 2.45) is 0 Å². The lowest BCUT2D eigenvalue weighted by atomic mass is 9.71. The largest absolute Gasteiger partial charge is 0.480 e. The van der Waals surface area contributed by atoms with Crippen molar-refractivity contribution in [3.8, 4) is 11.5 Å². The van der Waals surface area contributed by atoms with Gasteiger partial charge in [-0.25, -0.2) is 0 Å². The van der Waals surface area contributed by atoms with E-state index in [1.54, 1.807) is 4.90 Å². The van der Waals surface area contributed by atoms with Gasteiger partial charge in [-0.1, -0.05) is 6.07 Å². The van der Waals surface area contributed by atoms with Crippen molar-refractivity contribution in [1.82, 2.24) is 4.90 Å². The van der Waals surface area contributed by atoms with Crippen LogP contribution < -0.4 is 9.47 Å². The molecule has 1 aromatic rings. The Labute approximate surface area is 167 Å². The predicted molar refractivity (Wildman–Crippen MR) is 101 cm³/mol. The molecule has 0 radical (unpaired) electrons. The van der Waals surface area contributed by atoms with Crippen LogP contribution in [-0.2, 0) is 14.4 Å². The molecule has 7 heteroatoms. The monoisotopic (exact) mass is 395 g/mol. The lowest BCUT2D eigenvalue weighted by molar-refractivity contribution is -0.138. The van der Waals surface area contributed by atoms with Gasteiger partial charge in [-0.05, 0) is 43.4 Å². The van der Waals surface area contributed by atoms with Gasteiger partial charge in [0.25, 0.3) is 0 Å². The Hall–Kier alpha value is -3.09. The molecule has 1 N–H and O–H groups in total. The van der Waals surface area contributed by atoms with Crippen LogP contribution in [0.1, 0.15) is 50.0 Å². The Balaban J connectivity index is 1.72. The molecule has 0 aromatic heterocycles. The maximum Gasteiger partial charge on any atom is 0.323 e. The smallest absolute Gasteiger partial charge is 0.323 e. The standard InChI is InChI=1S/C22H21NO6/c24-15-5-1-3-13-21(15)20(12-7-8-17-18(9-12)29-11-28-17)22-14(4-2-6-16(22)25)23(13)10-19(26)27/h7-9,20H,1-6,10-11H2,(H,26,27). The number of ketones is 2. The number of fused-ring (bicyclic) bond motifs is 1. The van der Waals surface area contributed by atoms with Gasteiger partial charge in [0.2, 0.25) is 6.79 Å². The summed E-state index contributed by atoms with van der Waals surface area (Å²) in [4.78, 5) is 39.4. The van der Waals surface area contributed by atoms with E-state index in [0.29, 0.717) is 61.2 Å². The fraction of sp³-hybridized carbons (Fsp3) is 0.409. The highest BCUT2D eigenvalue weighted by Gasteiger charge is 2.43. The number of aliphatic carboxylic acids is 1. The van der Waals surface area contributed by atoms with Gasteiger partial charge in [-0.2, -0.15) is 0 Å². The summed E-state index contributed by atoms with van der Waals surface area (Å²) in [5.41, 5.74) is 3.49. The Bertz CT molecular complexity index is 961. The number of carbonyl (C=O) groups excluding carboxylic acids is 2. The van der Waals surface area contributed by atoms with Crippen LogP contribution in [0.2, 0.25) is 0 Å². The summed E-state index contributed by atoms with van der Waals surface area (Å²) in [5.74, 6) is -0.207. The summed E-state index contributed by atoms with van der Waals surface area (Å²) >= 11 is 0. The second-order valence-electron chi connectivity index (χ2n) is 7.80. The molecule has 150 valence electrons. The van der Waals surface area contributed by atoms with Crippen molar-refractivity contribution in [2.75, 3.05) is 13.3 Å². The van der Waals surface area contributed by atoms with Crippen molar-refractivity contribution < 1.29 is 29.0 Å². The van der Waals surface area contributed by atoms with Gasteiger partial charge in [0.15, 0.2) is 23.1 Å². The maximum atomic E-state index is 13.0. The normalized spacial score (nSPS) is 21.4. The third kappa shape index (κ3) is 2.84. The van der Waals surface area contributed by atoms with E-state index in [0.717, 1.165) is 17.0 Å². The molecule has 0 spiro atoms. The fourth-order valence-electron chi connectivity index (χ4n) is 4.97. The van der Waals surface area contributed by atoms with E-state index in [1.807, 2.05) is 18.2 Å². The summed E-state index contributed by atoms with van der Waals surface area (Å²) in [6.07, 6.45) is 3.49. The number of rotatable bonds is 3. The van der Waals surface area contributed by atoms with E-state index >= 15 is 0 Å². The number of carboxylic acid groups (broad SMARTS) is 1. The lowest BCUT2D eigenvalue weighted by Gasteiger charge is -2.43. The number of Topliss-reactive ketones (excluding diaryl/α,β-unsaturated/α-hetero) is 2. The Kier molecular flexibility index (Phi) is 4.19. The predicted octanol–water partition coefficient (Wildman–Crippen LogP) is 2.91. The fourth-order valence-corrected chi connectivity index (χ4v) is 4.97. The lowest BCUT2D eigenvalue weighted by Crippen LogP contribution is -2.41. The number of carboxylic acids is 1. The molecule has 0 saturated carbocycles. The van der Waals surface area contributed by atoms with E-state index in [2.05, 4.69) is 0 Å². The van der Waals surface area contributed by atoms with E-state index < -0.39 is 11.9 Å². The van der Waals surface area contributed by atoms with Gasteiger partial charge in [-0.15, -0.1) is 0 Å². The van der Waals surface area contributed by atoms with Gasteiger partial charge in [0, 0.05) is 41.3 Å². The first-order valence-electron chi connectivity index (χ1n) is 9.96. The van der Waals surface area contributed by atoms with Gasteiger partial charge >= 0.3 is 5.97 Å². The number of ether oxygens (including phenoxy) is 2. The van der Waals surface area contributed by atoms with Crippen LogP contribution in [0.5, 0.6) is 11.5 Å². The number of allylic oxidation sites excluding steroid dienone is 4. The number of carbonyl (C=O) groups is 3.